The van der Waals surface area contributed by atoms with Gasteiger partial charge in [0.05, 0.1) is 11.6 Å². The molecule has 0 saturated heterocycles. The van der Waals surface area contributed by atoms with E-state index >= 15 is 0 Å². The van der Waals surface area contributed by atoms with E-state index in [0.717, 1.165) is 5.69 Å². The fraction of sp³-hybridized carbons (Fsp3) is 0.667. The lowest BCUT2D eigenvalue weighted by molar-refractivity contribution is -0.141. The first kappa shape index (κ1) is 11.2. The van der Waals surface area contributed by atoms with Crippen LogP contribution in [-0.4, -0.2) is 20.9 Å². The SMILES string of the molecule is CC(Cc1nn(C)cc1C1CCC1)C(=O)O. The van der Waals surface area contributed by atoms with Crippen molar-refractivity contribution in [3.8, 4) is 0 Å². The minimum atomic E-state index is -0.745. The van der Waals surface area contributed by atoms with Crippen molar-refractivity contribution in [2.75, 3.05) is 0 Å². The normalized spacial score (nSPS) is 18.1. The largest absolute Gasteiger partial charge is 0.481 e. The summed E-state index contributed by atoms with van der Waals surface area (Å²) in [4.78, 5) is 10.8. The van der Waals surface area contributed by atoms with Gasteiger partial charge in [-0.2, -0.15) is 5.10 Å². The number of carboxylic acid groups (broad SMARTS) is 1. The van der Waals surface area contributed by atoms with E-state index in [-0.39, 0.29) is 5.92 Å². The Morgan fingerprint density at radius 3 is 2.88 bits per heavy atom. The first-order chi connectivity index (χ1) is 7.58. The summed E-state index contributed by atoms with van der Waals surface area (Å²) in [6.07, 6.45) is 6.32. The number of hydrogen-bond acceptors (Lipinski definition) is 2. The Balaban J connectivity index is 2.15. The molecule has 4 heteroatoms. The maximum Gasteiger partial charge on any atom is 0.306 e. The number of aliphatic carboxylic acids is 1. The van der Waals surface area contributed by atoms with Crippen LogP contribution in [0.25, 0.3) is 0 Å². The summed E-state index contributed by atoms with van der Waals surface area (Å²) in [5.41, 5.74) is 2.24. The van der Waals surface area contributed by atoms with Crippen LogP contribution in [0, 0.1) is 5.92 Å². The zero-order valence-electron chi connectivity index (χ0n) is 9.81. The lowest BCUT2D eigenvalue weighted by Crippen LogP contribution is -2.16. The standard InChI is InChI=1S/C12H18N2O2/c1-8(12(15)16)6-11-10(7-14(2)13-11)9-4-3-5-9/h7-9H,3-6H2,1-2H3,(H,15,16). The molecule has 1 heterocycles. The number of carboxylic acids is 1. The third-order valence-electron chi connectivity index (χ3n) is 3.40. The summed E-state index contributed by atoms with van der Waals surface area (Å²) in [5, 5.41) is 13.3. The van der Waals surface area contributed by atoms with Gasteiger partial charge in [-0.05, 0) is 24.3 Å². The molecule has 0 radical (unpaired) electrons. The molecule has 2 rings (SSSR count). The molecular weight excluding hydrogens is 204 g/mol. The van der Waals surface area contributed by atoms with Crippen molar-refractivity contribution in [3.05, 3.63) is 17.5 Å². The summed E-state index contributed by atoms with van der Waals surface area (Å²) in [7, 11) is 1.90. The molecular formula is C12H18N2O2. The van der Waals surface area contributed by atoms with Crippen molar-refractivity contribution in [2.24, 2.45) is 13.0 Å². The zero-order valence-corrected chi connectivity index (χ0v) is 9.81. The van der Waals surface area contributed by atoms with Crippen molar-refractivity contribution in [1.29, 1.82) is 0 Å². The molecule has 1 saturated carbocycles. The fourth-order valence-electron chi connectivity index (χ4n) is 2.15. The molecule has 0 spiro atoms. The summed E-state index contributed by atoms with van der Waals surface area (Å²) >= 11 is 0. The van der Waals surface area contributed by atoms with Crippen LogP contribution in [0.2, 0.25) is 0 Å². The van der Waals surface area contributed by atoms with Gasteiger partial charge in [0.25, 0.3) is 0 Å². The number of rotatable bonds is 4. The van der Waals surface area contributed by atoms with Gasteiger partial charge < -0.3 is 5.11 Å². The van der Waals surface area contributed by atoms with Gasteiger partial charge in [-0.15, -0.1) is 0 Å². The minimum Gasteiger partial charge on any atom is -0.481 e. The molecule has 0 aliphatic heterocycles. The molecule has 1 aromatic rings. The Hall–Kier alpha value is -1.32. The maximum atomic E-state index is 10.8. The molecule has 1 N–H and O–H groups in total. The highest BCUT2D eigenvalue weighted by Crippen LogP contribution is 2.38. The van der Waals surface area contributed by atoms with E-state index in [0.29, 0.717) is 12.3 Å². The highest BCUT2D eigenvalue weighted by molar-refractivity contribution is 5.69. The Bertz CT molecular complexity index is 394. The molecule has 1 fully saturated rings. The zero-order chi connectivity index (χ0) is 11.7. The van der Waals surface area contributed by atoms with E-state index in [2.05, 4.69) is 5.10 Å². The van der Waals surface area contributed by atoms with Crippen LogP contribution in [0.1, 0.15) is 43.4 Å². The molecule has 4 nitrogen and oxygen atoms in total. The average molecular weight is 222 g/mol. The van der Waals surface area contributed by atoms with Gasteiger partial charge in [-0.25, -0.2) is 0 Å². The van der Waals surface area contributed by atoms with Gasteiger partial charge >= 0.3 is 5.97 Å². The van der Waals surface area contributed by atoms with E-state index in [1.807, 2.05) is 13.2 Å². The predicted molar refractivity (Wildman–Crippen MR) is 60.3 cm³/mol. The molecule has 0 bridgehead atoms. The first-order valence-corrected chi connectivity index (χ1v) is 5.83. The summed E-state index contributed by atoms with van der Waals surface area (Å²) in [5.74, 6) is -0.483. The molecule has 0 aromatic carbocycles. The van der Waals surface area contributed by atoms with Crippen LogP contribution in [0.15, 0.2) is 6.20 Å². The Kier molecular flexibility index (Phi) is 2.99. The number of carbonyl (C=O) groups is 1. The van der Waals surface area contributed by atoms with Crippen molar-refractivity contribution >= 4 is 5.97 Å². The Labute approximate surface area is 95.3 Å². The van der Waals surface area contributed by atoms with Crippen molar-refractivity contribution in [3.63, 3.8) is 0 Å². The smallest absolute Gasteiger partial charge is 0.306 e. The fourth-order valence-corrected chi connectivity index (χ4v) is 2.15. The molecule has 16 heavy (non-hydrogen) atoms. The van der Waals surface area contributed by atoms with Gasteiger partial charge in [-0.1, -0.05) is 13.3 Å². The van der Waals surface area contributed by atoms with Crippen LogP contribution in [-0.2, 0) is 18.3 Å². The van der Waals surface area contributed by atoms with Crippen molar-refractivity contribution in [2.45, 2.75) is 38.5 Å². The molecule has 1 aliphatic rings. The number of aromatic nitrogens is 2. The number of aryl methyl sites for hydroxylation is 1. The summed E-state index contributed by atoms with van der Waals surface area (Å²) < 4.78 is 1.80. The number of nitrogens with zero attached hydrogens (tertiary/aromatic N) is 2. The molecule has 0 amide bonds. The topological polar surface area (TPSA) is 55.1 Å². The monoisotopic (exact) mass is 222 g/mol. The third-order valence-corrected chi connectivity index (χ3v) is 3.40. The van der Waals surface area contributed by atoms with Gasteiger partial charge in [0.2, 0.25) is 0 Å². The van der Waals surface area contributed by atoms with Gasteiger partial charge in [0, 0.05) is 19.7 Å². The quantitative estimate of drug-likeness (QED) is 0.847. The predicted octanol–water partition coefficient (Wildman–Crippen LogP) is 1.95. The molecule has 88 valence electrons. The van der Waals surface area contributed by atoms with E-state index in [1.165, 1.54) is 24.8 Å². The van der Waals surface area contributed by atoms with Crippen LogP contribution in [0.5, 0.6) is 0 Å². The van der Waals surface area contributed by atoms with Gasteiger partial charge in [-0.3, -0.25) is 9.48 Å². The molecule has 1 aromatic heterocycles. The Morgan fingerprint density at radius 1 is 1.69 bits per heavy atom. The minimum absolute atomic E-state index is 0.353. The summed E-state index contributed by atoms with van der Waals surface area (Å²) in [6, 6.07) is 0. The van der Waals surface area contributed by atoms with Crippen LogP contribution in [0.4, 0.5) is 0 Å². The van der Waals surface area contributed by atoms with Crippen molar-refractivity contribution < 1.29 is 9.90 Å². The van der Waals surface area contributed by atoms with Crippen LogP contribution in [0.3, 0.4) is 0 Å². The van der Waals surface area contributed by atoms with E-state index in [1.54, 1.807) is 11.6 Å². The van der Waals surface area contributed by atoms with Crippen molar-refractivity contribution in [1.82, 2.24) is 9.78 Å². The molecule has 1 unspecified atom stereocenters. The number of hydrogen-bond donors (Lipinski definition) is 1. The Morgan fingerprint density at radius 2 is 2.38 bits per heavy atom. The third kappa shape index (κ3) is 2.10. The molecule has 1 atom stereocenters. The summed E-state index contributed by atoms with van der Waals surface area (Å²) in [6.45, 7) is 1.74. The van der Waals surface area contributed by atoms with Crippen LogP contribution >= 0.6 is 0 Å². The highest BCUT2D eigenvalue weighted by atomic mass is 16.4. The second-order valence-corrected chi connectivity index (χ2v) is 4.78. The maximum absolute atomic E-state index is 10.8. The second kappa shape index (κ2) is 4.28. The second-order valence-electron chi connectivity index (χ2n) is 4.78. The molecule has 1 aliphatic carbocycles. The van der Waals surface area contributed by atoms with E-state index in [9.17, 15) is 4.79 Å². The lowest BCUT2D eigenvalue weighted by Gasteiger charge is -2.25. The van der Waals surface area contributed by atoms with Gasteiger partial charge in [0.1, 0.15) is 0 Å². The van der Waals surface area contributed by atoms with Crippen LogP contribution < -0.4 is 0 Å². The first-order valence-electron chi connectivity index (χ1n) is 5.83. The average Bonchev–Trinajstić information content (AvgIpc) is 2.44. The van der Waals surface area contributed by atoms with E-state index < -0.39 is 5.97 Å². The van der Waals surface area contributed by atoms with Gasteiger partial charge in [0.15, 0.2) is 0 Å². The lowest BCUT2D eigenvalue weighted by atomic mass is 9.79. The highest BCUT2D eigenvalue weighted by Gasteiger charge is 2.26. The van der Waals surface area contributed by atoms with E-state index in [4.69, 9.17) is 5.11 Å².